The van der Waals surface area contributed by atoms with Gasteiger partial charge in [0, 0.05) is 12.4 Å². The Morgan fingerprint density at radius 3 is 1.67 bits per heavy atom. The second-order valence-electron chi connectivity index (χ2n) is 2.31. The average molecular weight is 160 g/mol. The maximum atomic E-state index is 3.95. The summed E-state index contributed by atoms with van der Waals surface area (Å²) in [6.07, 6.45) is 3.62. The molecule has 4 nitrogen and oxygen atoms in total. The summed E-state index contributed by atoms with van der Waals surface area (Å²) >= 11 is 0. The van der Waals surface area contributed by atoms with E-state index in [1.165, 1.54) is 0 Å². The van der Waals surface area contributed by atoms with Gasteiger partial charge < -0.3 is 9.97 Å². The average Bonchev–Trinajstić information content (AvgIpc) is 2.74. The first kappa shape index (κ1) is 6.84. The summed E-state index contributed by atoms with van der Waals surface area (Å²) in [5.41, 5.74) is 0. The molecule has 0 spiro atoms. The summed E-state index contributed by atoms with van der Waals surface area (Å²) in [6.45, 7) is 0. The van der Waals surface area contributed by atoms with Crippen LogP contribution in [-0.4, -0.2) is 9.97 Å². The van der Waals surface area contributed by atoms with Crippen LogP contribution in [0.25, 0.3) is 0 Å². The van der Waals surface area contributed by atoms with E-state index >= 15 is 0 Å². The summed E-state index contributed by atoms with van der Waals surface area (Å²) in [4.78, 5) is 5.85. The zero-order valence-corrected chi connectivity index (χ0v) is 6.36. The van der Waals surface area contributed by atoms with Crippen LogP contribution in [0.5, 0.6) is 0 Å². The van der Waals surface area contributed by atoms with Crippen LogP contribution in [0, 0.1) is 0 Å². The minimum absolute atomic E-state index is 0.754. The molecule has 4 heteroatoms. The van der Waals surface area contributed by atoms with Gasteiger partial charge in [-0.05, 0) is 24.3 Å². The number of H-pyrrole nitrogens is 2. The van der Waals surface area contributed by atoms with Crippen LogP contribution in [0.15, 0.2) is 46.9 Å². The zero-order chi connectivity index (χ0) is 8.23. The van der Waals surface area contributed by atoms with Crippen LogP contribution < -0.4 is 0 Å². The molecule has 60 valence electrons. The van der Waals surface area contributed by atoms with Crippen molar-refractivity contribution in [2.24, 2.45) is 10.2 Å². The normalized spacial score (nSPS) is 11.0. The third-order valence-corrected chi connectivity index (χ3v) is 1.43. The summed E-state index contributed by atoms with van der Waals surface area (Å²) in [5, 5.41) is 7.89. The number of rotatable bonds is 2. The van der Waals surface area contributed by atoms with E-state index in [2.05, 4.69) is 20.2 Å². The monoisotopic (exact) mass is 160 g/mol. The number of nitrogens with one attached hydrogen (secondary N) is 2. The summed E-state index contributed by atoms with van der Waals surface area (Å²) in [5.74, 6) is 1.51. The molecule has 0 saturated carbocycles. The van der Waals surface area contributed by atoms with Gasteiger partial charge in [0.1, 0.15) is 0 Å². The molecular weight excluding hydrogens is 152 g/mol. The van der Waals surface area contributed by atoms with E-state index in [9.17, 15) is 0 Å². The fraction of sp³-hybridized carbons (Fsp3) is 0. The molecule has 2 N–H and O–H groups in total. The molecule has 0 aliphatic rings. The van der Waals surface area contributed by atoms with Gasteiger partial charge in [-0.15, -0.1) is 10.2 Å². The highest BCUT2D eigenvalue weighted by Gasteiger charge is 1.88. The third kappa shape index (κ3) is 1.42. The molecule has 2 rings (SSSR count). The lowest BCUT2D eigenvalue weighted by Gasteiger charge is -1.83. The van der Waals surface area contributed by atoms with Crippen molar-refractivity contribution < 1.29 is 0 Å². The third-order valence-electron chi connectivity index (χ3n) is 1.43. The first-order chi connectivity index (χ1) is 5.95. The Morgan fingerprint density at radius 2 is 1.33 bits per heavy atom. The van der Waals surface area contributed by atoms with Crippen molar-refractivity contribution in [1.82, 2.24) is 9.97 Å². The molecule has 0 atom stereocenters. The molecule has 12 heavy (non-hydrogen) atoms. The largest absolute Gasteiger partial charge is 0.345 e. The van der Waals surface area contributed by atoms with E-state index in [0.717, 1.165) is 11.6 Å². The topological polar surface area (TPSA) is 56.3 Å². The van der Waals surface area contributed by atoms with Crippen LogP contribution >= 0.6 is 0 Å². The SMILES string of the molecule is c1c[nH]c(N=Nc2ccc[nH]2)c1. The highest BCUT2D eigenvalue weighted by Crippen LogP contribution is 2.12. The molecule has 0 aromatic carbocycles. The molecule has 0 radical (unpaired) electrons. The van der Waals surface area contributed by atoms with E-state index in [0.29, 0.717) is 0 Å². The fourth-order valence-corrected chi connectivity index (χ4v) is 0.874. The summed E-state index contributed by atoms with van der Waals surface area (Å²) in [6, 6.07) is 7.46. The molecule has 2 aromatic heterocycles. The van der Waals surface area contributed by atoms with Crippen molar-refractivity contribution in [1.29, 1.82) is 0 Å². The molecule has 0 saturated heterocycles. The second kappa shape index (κ2) is 3.04. The van der Waals surface area contributed by atoms with Crippen molar-refractivity contribution in [2.45, 2.75) is 0 Å². The Kier molecular flexibility index (Phi) is 1.74. The summed E-state index contributed by atoms with van der Waals surface area (Å²) in [7, 11) is 0. The Bertz CT molecular complexity index is 308. The van der Waals surface area contributed by atoms with Crippen LogP contribution in [0.3, 0.4) is 0 Å². The molecule has 0 fully saturated rings. The van der Waals surface area contributed by atoms with Gasteiger partial charge in [-0.25, -0.2) is 0 Å². The van der Waals surface area contributed by atoms with E-state index in [-0.39, 0.29) is 0 Å². The number of aromatic amines is 2. The van der Waals surface area contributed by atoms with Gasteiger partial charge in [0.2, 0.25) is 0 Å². The first-order valence-electron chi connectivity index (χ1n) is 3.64. The molecule has 0 aliphatic heterocycles. The number of aromatic nitrogens is 2. The van der Waals surface area contributed by atoms with Crippen molar-refractivity contribution >= 4 is 11.6 Å². The number of hydrogen-bond donors (Lipinski definition) is 2. The quantitative estimate of drug-likeness (QED) is 0.635. The van der Waals surface area contributed by atoms with E-state index < -0.39 is 0 Å². The molecule has 0 unspecified atom stereocenters. The Morgan fingerprint density at radius 1 is 0.833 bits per heavy atom. The second-order valence-corrected chi connectivity index (χ2v) is 2.31. The first-order valence-corrected chi connectivity index (χ1v) is 3.64. The lowest BCUT2D eigenvalue weighted by Crippen LogP contribution is -1.60. The fourth-order valence-electron chi connectivity index (χ4n) is 0.874. The predicted octanol–water partition coefficient (Wildman–Crippen LogP) is 2.76. The van der Waals surface area contributed by atoms with Crippen molar-refractivity contribution in [3.05, 3.63) is 36.7 Å². The smallest absolute Gasteiger partial charge is 0.152 e. The van der Waals surface area contributed by atoms with Gasteiger partial charge in [0.05, 0.1) is 0 Å². The van der Waals surface area contributed by atoms with E-state index in [1.807, 2.05) is 36.7 Å². The highest BCUT2D eigenvalue weighted by atomic mass is 15.2. The minimum atomic E-state index is 0.754. The predicted molar refractivity (Wildman–Crippen MR) is 45.8 cm³/mol. The van der Waals surface area contributed by atoms with Gasteiger partial charge in [0.25, 0.3) is 0 Å². The van der Waals surface area contributed by atoms with Crippen molar-refractivity contribution in [2.75, 3.05) is 0 Å². The van der Waals surface area contributed by atoms with Gasteiger partial charge in [0.15, 0.2) is 11.6 Å². The van der Waals surface area contributed by atoms with Gasteiger partial charge in [-0.2, -0.15) is 0 Å². The van der Waals surface area contributed by atoms with E-state index in [4.69, 9.17) is 0 Å². The Balaban J connectivity index is 2.14. The Labute approximate surface area is 69.4 Å². The van der Waals surface area contributed by atoms with Crippen molar-refractivity contribution in [3.63, 3.8) is 0 Å². The summed E-state index contributed by atoms with van der Waals surface area (Å²) < 4.78 is 0. The Hall–Kier alpha value is -1.84. The maximum Gasteiger partial charge on any atom is 0.152 e. The molecule has 0 aliphatic carbocycles. The minimum Gasteiger partial charge on any atom is -0.345 e. The molecular formula is C8H8N4. The number of hydrogen-bond acceptors (Lipinski definition) is 2. The van der Waals surface area contributed by atoms with Crippen molar-refractivity contribution in [3.8, 4) is 0 Å². The number of azo groups is 1. The maximum absolute atomic E-state index is 3.95. The molecule has 2 heterocycles. The van der Waals surface area contributed by atoms with Gasteiger partial charge in [-0.3, -0.25) is 0 Å². The van der Waals surface area contributed by atoms with Gasteiger partial charge >= 0.3 is 0 Å². The molecule has 2 aromatic rings. The van der Waals surface area contributed by atoms with Gasteiger partial charge in [-0.1, -0.05) is 0 Å². The zero-order valence-electron chi connectivity index (χ0n) is 6.36. The van der Waals surface area contributed by atoms with Crippen LogP contribution in [0.4, 0.5) is 11.6 Å². The number of nitrogens with zero attached hydrogens (tertiary/aromatic N) is 2. The molecule has 0 amide bonds. The van der Waals surface area contributed by atoms with Crippen LogP contribution in [0.1, 0.15) is 0 Å². The van der Waals surface area contributed by atoms with E-state index in [1.54, 1.807) is 0 Å². The van der Waals surface area contributed by atoms with Crippen LogP contribution in [-0.2, 0) is 0 Å². The standard InChI is InChI=1S/C8H8N4/c1-3-7(9-5-1)11-12-8-4-2-6-10-8/h1-6,9-10H. The molecule has 0 bridgehead atoms. The van der Waals surface area contributed by atoms with Crippen LogP contribution in [0.2, 0.25) is 0 Å². The highest BCUT2D eigenvalue weighted by molar-refractivity contribution is 5.29. The lowest BCUT2D eigenvalue weighted by molar-refractivity contribution is 1.15. The lowest BCUT2D eigenvalue weighted by atomic mass is 10.6.